The van der Waals surface area contributed by atoms with Gasteiger partial charge >= 0.3 is 0 Å². The Bertz CT molecular complexity index is 1770. The first kappa shape index (κ1) is 25.6. The van der Waals surface area contributed by atoms with Crippen LogP contribution in [0.5, 0.6) is 5.75 Å². The van der Waals surface area contributed by atoms with E-state index in [2.05, 4.69) is 9.55 Å². The normalized spacial score (nSPS) is 13.7. The average molecular weight is 534 g/mol. The van der Waals surface area contributed by atoms with E-state index in [4.69, 9.17) is 14.7 Å². The van der Waals surface area contributed by atoms with Crippen molar-refractivity contribution in [2.75, 3.05) is 20.2 Å². The summed E-state index contributed by atoms with van der Waals surface area (Å²) in [7, 11) is 1.66. The molecule has 0 unspecified atom stereocenters. The summed E-state index contributed by atoms with van der Waals surface area (Å²) in [5.74, 6) is 1.81. The summed E-state index contributed by atoms with van der Waals surface area (Å²) in [6, 6.07) is 21.6. The molecule has 1 aliphatic rings. The number of rotatable bonds is 9. The number of nitrogens with zero attached hydrogens (tertiary/aromatic N) is 4. The van der Waals surface area contributed by atoms with Crippen LogP contribution in [0.1, 0.15) is 41.9 Å². The molecule has 3 aromatic carbocycles. The number of imidazole rings is 1. The Morgan fingerprint density at radius 3 is 2.58 bits per heavy atom. The van der Waals surface area contributed by atoms with Crippen molar-refractivity contribution in [3.05, 3.63) is 99.7 Å². The zero-order valence-electron chi connectivity index (χ0n) is 22.5. The van der Waals surface area contributed by atoms with E-state index in [-0.39, 0.29) is 11.5 Å². The number of hydrogen-bond donors (Lipinski definition) is 1. The Labute approximate surface area is 232 Å². The van der Waals surface area contributed by atoms with Gasteiger partial charge in [-0.1, -0.05) is 48.5 Å². The molecule has 202 valence electrons. The SMILES string of the molecule is COc1ccccc1C=Cc1nc2cc3[nH]c(=O)c(Cc4ccccc4)nc3cc2n1CCCN1CCCC1=O. The lowest BCUT2D eigenvalue weighted by Crippen LogP contribution is -2.26. The summed E-state index contributed by atoms with van der Waals surface area (Å²) in [6.45, 7) is 2.24. The number of para-hydroxylation sites is 1. The molecule has 0 aliphatic carbocycles. The van der Waals surface area contributed by atoms with Crippen molar-refractivity contribution >= 4 is 40.1 Å². The van der Waals surface area contributed by atoms with Crippen LogP contribution in [0, 0.1) is 0 Å². The van der Waals surface area contributed by atoms with Crippen molar-refractivity contribution in [3.63, 3.8) is 0 Å². The summed E-state index contributed by atoms with van der Waals surface area (Å²) >= 11 is 0. The summed E-state index contributed by atoms with van der Waals surface area (Å²) in [5.41, 5.74) is 5.35. The molecule has 3 heterocycles. The molecule has 1 amide bonds. The lowest BCUT2D eigenvalue weighted by molar-refractivity contribution is -0.127. The number of methoxy groups -OCH3 is 1. The van der Waals surface area contributed by atoms with Crippen LogP contribution in [0.4, 0.5) is 0 Å². The molecule has 1 aliphatic heterocycles. The van der Waals surface area contributed by atoms with Gasteiger partial charge in [0.1, 0.15) is 17.3 Å². The van der Waals surface area contributed by atoms with Gasteiger partial charge < -0.3 is 19.2 Å². The Morgan fingerprint density at radius 1 is 0.950 bits per heavy atom. The van der Waals surface area contributed by atoms with Crippen LogP contribution in [0.15, 0.2) is 71.5 Å². The fourth-order valence-electron chi connectivity index (χ4n) is 5.36. The molecular weight excluding hydrogens is 502 g/mol. The van der Waals surface area contributed by atoms with Crippen LogP contribution >= 0.6 is 0 Å². The number of H-pyrrole nitrogens is 1. The van der Waals surface area contributed by atoms with Gasteiger partial charge in [0.15, 0.2) is 0 Å². The molecule has 0 spiro atoms. The second kappa shape index (κ2) is 11.2. The van der Waals surface area contributed by atoms with Crippen LogP contribution in [-0.4, -0.2) is 50.5 Å². The minimum atomic E-state index is -0.193. The third-order valence-corrected chi connectivity index (χ3v) is 7.41. The molecule has 1 saturated heterocycles. The first-order valence-electron chi connectivity index (χ1n) is 13.6. The monoisotopic (exact) mass is 533 g/mol. The first-order chi connectivity index (χ1) is 19.6. The van der Waals surface area contributed by atoms with Crippen LogP contribution in [0.3, 0.4) is 0 Å². The smallest absolute Gasteiger partial charge is 0.270 e. The number of carbonyl (C=O) groups excluding carboxylic acids is 1. The lowest BCUT2D eigenvalue weighted by atomic mass is 10.1. The number of carbonyl (C=O) groups is 1. The van der Waals surface area contributed by atoms with Crippen LogP contribution in [0.2, 0.25) is 0 Å². The molecule has 40 heavy (non-hydrogen) atoms. The largest absolute Gasteiger partial charge is 0.496 e. The van der Waals surface area contributed by atoms with E-state index < -0.39 is 0 Å². The maximum Gasteiger partial charge on any atom is 0.270 e. The van der Waals surface area contributed by atoms with Crippen molar-refractivity contribution in [2.24, 2.45) is 0 Å². The molecule has 1 N–H and O–H groups in total. The number of likely N-dealkylation sites (tertiary alicyclic amines) is 1. The highest BCUT2D eigenvalue weighted by atomic mass is 16.5. The van der Waals surface area contributed by atoms with Gasteiger partial charge in [0.25, 0.3) is 5.56 Å². The van der Waals surface area contributed by atoms with E-state index >= 15 is 0 Å². The Hall–Kier alpha value is -4.72. The predicted molar refractivity (Wildman–Crippen MR) is 157 cm³/mol. The zero-order chi connectivity index (χ0) is 27.5. The third-order valence-electron chi connectivity index (χ3n) is 7.41. The number of aromatic nitrogens is 4. The molecule has 8 heteroatoms. The van der Waals surface area contributed by atoms with E-state index in [1.54, 1.807) is 7.11 Å². The Kier molecular flexibility index (Phi) is 7.14. The number of nitrogens with one attached hydrogen (secondary N) is 1. The number of hydrogen-bond acceptors (Lipinski definition) is 5. The number of ether oxygens (including phenoxy) is 1. The molecule has 0 saturated carbocycles. The summed E-state index contributed by atoms with van der Waals surface area (Å²) in [5, 5.41) is 0. The molecule has 8 nitrogen and oxygen atoms in total. The highest BCUT2D eigenvalue weighted by Gasteiger charge is 2.20. The van der Waals surface area contributed by atoms with Crippen LogP contribution in [-0.2, 0) is 17.8 Å². The van der Waals surface area contributed by atoms with Gasteiger partial charge in [-0.2, -0.15) is 0 Å². The van der Waals surface area contributed by atoms with Gasteiger partial charge in [-0.25, -0.2) is 9.97 Å². The van der Waals surface area contributed by atoms with E-state index in [9.17, 15) is 9.59 Å². The number of fused-ring (bicyclic) bond motifs is 2. The van der Waals surface area contributed by atoms with Crippen LogP contribution < -0.4 is 10.3 Å². The van der Waals surface area contributed by atoms with E-state index in [1.165, 1.54) is 0 Å². The fourth-order valence-corrected chi connectivity index (χ4v) is 5.36. The minimum absolute atomic E-state index is 0.193. The summed E-state index contributed by atoms with van der Waals surface area (Å²) < 4.78 is 7.69. The predicted octanol–water partition coefficient (Wildman–Crippen LogP) is 5.06. The lowest BCUT2D eigenvalue weighted by Gasteiger charge is -2.16. The second-order valence-corrected chi connectivity index (χ2v) is 10.1. The number of amides is 1. The van der Waals surface area contributed by atoms with Crippen molar-refractivity contribution in [1.29, 1.82) is 0 Å². The number of benzene rings is 3. The van der Waals surface area contributed by atoms with E-state index in [0.29, 0.717) is 42.7 Å². The van der Waals surface area contributed by atoms with Crippen LogP contribution in [0.25, 0.3) is 34.2 Å². The molecule has 0 radical (unpaired) electrons. The van der Waals surface area contributed by atoms with Gasteiger partial charge in [0.2, 0.25) is 5.91 Å². The number of aromatic amines is 1. The van der Waals surface area contributed by atoms with Gasteiger partial charge in [-0.3, -0.25) is 9.59 Å². The van der Waals surface area contributed by atoms with Gasteiger partial charge in [-0.15, -0.1) is 0 Å². The zero-order valence-corrected chi connectivity index (χ0v) is 22.5. The maximum absolute atomic E-state index is 12.9. The molecular formula is C32H31N5O3. The topological polar surface area (TPSA) is 93.1 Å². The first-order valence-corrected chi connectivity index (χ1v) is 13.6. The molecule has 0 bridgehead atoms. The Balaban J connectivity index is 1.39. The molecule has 0 atom stereocenters. The van der Waals surface area contributed by atoms with Crippen molar-refractivity contribution in [1.82, 2.24) is 24.4 Å². The highest BCUT2D eigenvalue weighted by Crippen LogP contribution is 2.25. The fraction of sp³-hybridized carbons (Fsp3) is 0.250. The molecule has 5 aromatic rings. The quantitative estimate of drug-likeness (QED) is 0.286. The standard InChI is InChI=1S/C32H31N5O3/c1-40-29-12-6-5-11-23(29)14-15-30-34-26-20-24-25(33-27(32(39)35-24)19-22-9-3-2-4-10-22)21-28(26)37(30)18-8-17-36-16-7-13-31(36)38/h2-6,9-12,14-15,20-21H,7-8,13,16-19H2,1H3,(H,35,39). The maximum atomic E-state index is 12.9. The summed E-state index contributed by atoms with van der Waals surface area (Å²) in [6.07, 6.45) is 6.82. The van der Waals surface area contributed by atoms with Gasteiger partial charge in [-0.05, 0) is 48.8 Å². The second-order valence-electron chi connectivity index (χ2n) is 10.1. The third kappa shape index (κ3) is 5.25. The Morgan fingerprint density at radius 2 is 1.77 bits per heavy atom. The van der Waals surface area contributed by atoms with E-state index in [1.807, 2.05) is 83.8 Å². The van der Waals surface area contributed by atoms with Crippen molar-refractivity contribution < 1.29 is 9.53 Å². The van der Waals surface area contributed by atoms with E-state index in [0.717, 1.165) is 53.1 Å². The van der Waals surface area contributed by atoms with Crippen molar-refractivity contribution in [2.45, 2.75) is 32.2 Å². The highest BCUT2D eigenvalue weighted by molar-refractivity contribution is 5.92. The van der Waals surface area contributed by atoms with Gasteiger partial charge in [0, 0.05) is 38.0 Å². The van der Waals surface area contributed by atoms with Crippen molar-refractivity contribution in [3.8, 4) is 5.75 Å². The summed E-state index contributed by atoms with van der Waals surface area (Å²) in [4.78, 5) is 39.7. The average Bonchev–Trinajstić information content (AvgIpc) is 3.54. The minimum Gasteiger partial charge on any atom is -0.496 e. The number of aryl methyl sites for hydroxylation is 1. The molecule has 1 fully saturated rings. The van der Waals surface area contributed by atoms with Gasteiger partial charge in [0.05, 0.1) is 29.2 Å². The molecule has 6 rings (SSSR count). The molecule has 2 aromatic heterocycles.